The first kappa shape index (κ1) is 17.1. The first-order chi connectivity index (χ1) is 10.0. The van der Waals surface area contributed by atoms with Crippen LogP contribution in [0.5, 0.6) is 0 Å². The van der Waals surface area contributed by atoms with Gasteiger partial charge in [0.15, 0.2) is 0 Å². The summed E-state index contributed by atoms with van der Waals surface area (Å²) < 4.78 is 10.3. The van der Waals surface area contributed by atoms with Gasteiger partial charge >= 0.3 is 0 Å². The summed E-state index contributed by atoms with van der Waals surface area (Å²) >= 11 is 0. The summed E-state index contributed by atoms with van der Waals surface area (Å²) in [6.45, 7) is 1.44. The SMILES string of the molecule is COCCOCc1cccc(NC(=O)C(N)CC(N)=O)c1. The van der Waals surface area contributed by atoms with Crippen LogP contribution in [0.15, 0.2) is 24.3 Å². The number of hydrogen-bond acceptors (Lipinski definition) is 5. The Labute approximate surface area is 123 Å². The fourth-order valence-electron chi connectivity index (χ4n) is 1.62. The Morgan fingerprint density at radius 3 is 2.76 bits per heavy atom. The summed E-state index contributed by atoms with van der Waals surface area (Å²) in [5.74, 6) is -1.07. The topological polar surface area (TPSA) is 117 Å². The second-order valence-corrected chi connectivity index (χ2v) is 4.51. The van der Waals surface area contributed by atoms with Gasteiger partial charge in [0.2, 0.25) is 11.8 Å². The molecule has 21 heavy (non-hydrogen) atoms. The van der Waals surface area contributed by atoms with Crippen LogP contribution in [0, 0.1) is 0 Å². The van der Waals surface area contributed by atoms with Gasteiger partial charge in [-0.2, -0.15) is 0 Å². The summed E-state index contributed by atoms with van der Waals surface area (Å²) in [6.07, 6.45) is -0.189. The molecule has 7 heteroatoms. The number of amides is 2. The van der Waals surface area contributed by atoms with E-state index in [1.165, 1.54) is 0 Å². The molecular formula is C14H21N3O4. The first-order valence-electron chi connectivity index (χ1n) is 6.53. The normalized spacial score (nSPS) is 11.9. The average molecular weight is 295 g/mol. The summed E-state index contributed by atoms with van der Waals surface area (Å²) in [6, 6.07) is 6.23. The minimum Gasteiger partial charge on any atom is -0.382 e. The smallest absolute Gasteiger partial charge is 0.241 e. The van der Waals surface area contributed by atoms with Crippen LogP contribution in [0.2, 0.25) is 0 Å². The molecule has 1 unspecified atom stereocenters. The molecular weight excluding hydrogens is 274 g/mol. The van der Waals surface area contributed by atoms with Crippen LogP contribution in [-0.4, -0.2) is 38.2 Å². The molecule has 0 heterocycles. The molecule has 0 aliphatic rings. The number of methoxy groups -OCH3 is 1. The quantitative estimate of drug-likeness (QED) is 0.554. The van der Waals surface area contributed by atoms with Crippen molar-refractivity contribution in [1.29, 1.82) is 0 Å². The third kappa shape index (κ3) is 6.84. The van der Waals surface area contributed by atoms with Gasteiger partial charge < -0.3 is 26.3 Å². The summed E-state index contributed by atoms with van der Waals surface area (Å²) in [5.41, 5.74) is 12.1. The van der Waals surface area contributed by atoms with Crippen molar-refractivity contribution in [3.8, 4) is 0 Å². The third-order valence-electron chi connectivity index (χ3n) is 2.65. The second kappa shape index (κ2) is 9.06. The van der Waals surface area contributed by atoms with Crippen LogP contribution in [0.3, 0.4) is 0 Å². The lowest BCUT2D eigenvalue weighted by molar-refractivity contribution is -0.123. The van der Waals surface area contributed by atoms with Gasteiger partial charge in [0.05, 0.1) is 32.3 Å². The van der Waals surface area contributed by atoms with E-state index in [1.54, 1.807) is 25.3 Å². The lowest BCUT2D eigenvalue weighted by atomic mass is 10.1. The predicted octanol–water partition coefficient (Wildman–Crippen LogP) is -0.00920. The van der Waals surface area contributed by atoms with E-state index >= 15 is 0 Å². The van der Waals surface area contributed by atoms with Gasteiger partial charge in [0.25, 0.3) is 0 Å². The zero-order valence-electron chi connectivity index (χ0n) is 12.0. The molecule has 0 spiro atoms. The maximum Gasteiger partial charge on any atom is 0.241 e. The molecule has 5 N–H and O–H groups in total. The zero-order valence-corrected chi connectivity index (χ0v) is 12.0. The summed E-state index contributed by atoms with van der Waals surface area (Å²) in [7, 11) is 1.61. The molecule has 0 bridgehead atoms. The Balaban J connectivity index is 2.51. The molecule has 0 aliphatic carbocycles. The predicted molar refractivity (Wildman–Crippen MR) is 78.4 cm³/mol. The van der Waals surface area contributed by atoms with Crippen molar-refractivity contribution >= 4 is 17.5 Å². The Morgan fingerprint density at radius 2 is 2.10 bits per heavy atom. The number of hydrogen-bond donors (Lipinski definition) is 3. The van der Waals surface area contributed by atoms with Crippen LogP contribution in [0.25, 0.3) is 0 Å². The van der Waals surface area contributed by atoms with E-state index in [4.69, 9.17) is 20.9 Å². The van der Waals surface area contributed by atoms with E-state index in [9.17, 15) is 9.59 Å². The molecule has 0 radical (unpaired) electrons. The molecule has 2 amide bonds. The van der Waals surface area contributed by atoms with E-state index in [2.05, 4.69) is 5.32 Å². The lowest BCUT2D eigenvalue weighted by Gasteiger charge is -2.11. The van der Waals surface area contributed by atoms with Crippen molar-refractivity contribution in [2.75, 3.05) is 25.6 Å². The third-order valence-corrected chi connectivity index (χ3v) is 2.65. The Bertz CT molecular complexity index is 479. The van der Waals surface area contributed by atoms with Crippen molar-refractivity contribution < 1.29 is 19.1 Å². The van der Waals surface area contributed by atoms with E-state index in [-0.39, 0.29) is 6.42 Å². The van der Waals surface area contributed by atoms with Gasteiger partial charge in [0.1, 0.15) is 0 Å². The molecule has 0 aromatic heterocycles. The minimum absolute atomic E-state index is 0.189. The van der Waals surface area contributed by atoms with Crippen molar-refractivity contribution in [3.05, 3.63) is 29.8 Å². The van der Waals surface area contributed by atoms with E-state index < -0.39 is 17.9 Å². The van der Waals surface area contributed by atoms with Crippen molar-refractivity contribution in [1.82, 2.24) is 0 Å². The molecule has 1 aromatic carbocycles. The molecule has 0 saturated carbocycles. The monoisotopic (exact) mass is 295 g/mol. The Kier molecular flexibility index (Phi) is 7.38. The second-order valence-electron chi connectivity index (χ2n) is 4.51. The largest absolute Gasteiger partial charge is 0.382 e. The number of nitrogens with two attached hydrogens (primary N) is 2. The van der Waals surface area contributed by atoms with Crippen LogP contribution in [0.4, 0.5) is 5.69 Å². The van der Waals surface area contributed by atoms with Gasteiger partial charge in [-0.25, -0.2) is 0 Å². The van der Waals surface area contributed by atoms with E-state index in [1.807, 2.05) is 6.07 Å². The number of nitrogens with one attached hydrogen (secondary N) is 1. The van der Waals surface area contributed by atoms with Crippen molar-refractivity contribution in [2.45, 2.75) is 19.1 Å². The van der Waals surface area contributed by atoms with Crippen LogP contribution < -0.4 is 16.8 Å². The number of ether oxygens (including phenoxy) is 2. The molecule has 1 rings (SSSR count). The number of carbonyl (C=O) groups excluding carboxylic acids is 2. The molecule has 116 valence electrons. The average Bonchev–Trinajstić information content (AvgIpc) is 2.43. The number of rotatable bonds is 9. The standard InChI is InChI=1S/C14H21N3O4/c1-20-5-6-21-9-10-3-2-4-11(7-10)17-14(19)12(15)8-13(16)18/h2-4,7,12H,5-6,8-9,15H2,1H3,(H2,16,18)(H,17,19). The molecule has 1 atom stereocenters. The molecule has 1 aromatic rings. The highest BCUT2D eigenvalue weighted by Gasteiger charge is 2.16. The van der Waals surface area contributed by atoms with Crippen LogP contribution in [0.1, 0.15) is 12.0 Å². The van der Waals surface area contributed by atoms with Gasteiger partial charge in [0, 0.05) is 12.8 Å². The van der Waals surface area contributed by atoms with Crippen molar-refractivity contribution in [2.24, 2.45) is 11.5 Å². The molecule has 0 aliphatic heterocycles. The van der Waals surface area contributed by atoms with Gasteiger partial charge in [-0.3, -0.25) is 9.59 Å². The van der Waals surface area contributed by atoms with Crippen molar-refractivity contribution in [3.63, 3.8) is 0 Å². The number of primary amides is 1. The van der Waals surface area contributed by atoms with Crippen LogP contribution in [-0.2, 0) is 25.7 Å². The zero-order chi connectivity index (χ0) is 15.7. The van der Waals surface area contributed by atoms with Gasteiger partial charge in [-0.05, 0) is 17.7 Å². The fraction of sp³-hybridized carbons (Fsp3) is 0.429. The highest BCUT2D eigenvalue weighted by atomic mass is 16.5. The van der Waals surface area contributed by atoms with E-state index in [0.29, 0.717) is 25.5 Å². The summed E-state index contributed by atoms with van der Waals surface area (Å²) in [5, 5.41) is 2.64. The fourth-order valence-corrected chi connectivity index (χ4v) is 1.62. The highest BCUT2D eigenvalue weighted by molar-refractivity contribution is 5.97. The molecule has 0 fully saturated rings. The maximum absolute atomic E-state index is 11.8. The number of carbonyl (C=O) groups is 2. The lowest BCUT2D eigenvalue weighted by Crippen LogP contribution is -2.39. The first-order valence-corrected chi connectivity index (χ1v) is 6.53. The minimum atomic E-state index is -0.955. The Morgan fingerprint density at radius 1 is 1.33 bits per heavy atom. The highest BCUT2D eigenvalue weighted by Crippen LogP contribution is 2.12. The van der Waals surface area contributed by atoms with Crippen LogP contribution >= 0.6 is 0 Å². The maximum atomic E-state index is 11.8. The number of benzene rings is 1. The van der Waals surface area contributed by atoms with Gasteiger partial charge in [-0.15, -0.1) is 0 Å². The Hall–Kier alpha value is -1.96. The number of anilines is 1. The van der Waals surface area contributed by atoms with Gasteiger partial charge in [-0.1, -0.05) is 12.1 Å². The van der Waals surface area contributed by atoms with E-state index in [0.717, 1.165) is 5.56 Å². The summed E-state index contributed by atoms with van der Waals surface area (Å²) in [4.78, 5) is 22.5. The molecule has 7 nitrogen and oxygen atoms in total. The molecule has 0 saturated heterocycles.